The Balaban J connectivity index is -0.0000000747. The van der Waals surface area contributed by atoms with Crippen LogP contribution in [0, 0.1) is 130 Å². The van der Waals surface area contributed by atoms with E-state index in [0.717, 1.165) is 38.3 Å². The van der Waals surface area contributed by atoms with Crippen LogP contribution < -0.4 is 11.4 Å². The highest BCUT2D eigenvalue weighted by molar-refractivity contribution is 5.78. The van der Waals surface area contributed by atoms with E-state index in [1.807, 2.05) is 6.92 Å². The molecule has 4 rings (SSSR count). The van der Waals surface area contributed by atoms with Gasteiger partial charge in [0.15, 0.2) is 11.0 Å². The van der Waals surface area contributed by atoms with Gasteiger partial charge >= 0.3 is 0 Å². The second kappa shape index (κ2) is 24.0. The molecule has 52 heavy (non-hydrogen) atoms. The summed E-state index contributed by atoms with van der Waals surface area (Å²) in [6, 6.07) is 0.682. The van der Waals surface area contributed by atoms with E-state index in [0.29, 0.717) is 18.3 Å². The first-order chi connectivity index (χ1) is 25.2. The quantitative estimate of drug-likeness (QED) is 0.119. The van der Waals surface area contributed by atoms with Crippen molar-refractivity contribution in [2.75, 3.05) is 19.6 Å². The Hall–Kier alpha value is -7.21. The van der Waals surface area contributed by atoms with E-state index in [1.165, 1.54) is 49.8 Å². The van der Waals surface area contributed by atoms with Gasteiger partial charge in [-0.25, -0.2) is 4.98 Å². The maximum absolute atomic E-state index is 12.8. The third-order valence-electron chi connectivity index (χ3n) is 7.84. The largest absolute Gasteiger partial charge is 0.372 e. The number of terminal acetylenes is 1. The van der Waals surface area contributed by atoms with Gasteiger partial charge in [-0.3, -0.25) is 15.7 Å². The van der Waals surface area contributed by atoms with E-state index < -0.39 is 5.03 Å². The molecule has 1 aromatic rings. The van der Waals surface area contributed by atoms with Gasteiger partial charge in [0.1, 0.15) is 5.82 Å². The molecule has 1 saturated carbocycles. The lowest BCUT2D eigenvalue weighted by molar-refractivity contribution is -0.546. The molecule has 2 saturated heterocycles. The highest BCUT2D eigenvalue weighted by atomic mass is 16.7. The number of H-pyrrole nitrogens is 1. The van der Waals surface area contributed by atoms with Gasteiger partial charge in [-0.05, 0) is 147 Å². The number of allylic oxidation sites excluding steroid dienone is 1. The molecule has 1 atom stereocenters. The van der Waals surface area contributed by atoms with Crippen LogP contribution in [-0.4, -0.2) is 61.6 Å². The van der Waals surface area contributed by atoms with Gasteiger partial charge in [0, 0.05) is 59.4 Å². The van der Waals surface area contributed by atoms with Crippen LogP contribution in [0.2, 0.25) is 0 Å². The van der Waals surface area contributed by atoms with Crippen LogP contribution in [0.25, 0.3) is 0 Å². The summed E-state index contributed by atoms with van der Waals surface area (Å²) in [4.78, 5) is 31.0. The highest BCUT2D eigenvalue weighted by Gasteiger charge is 2.43. The number of piperidine rings is 2. The fourth-order valence-electron chi connectivity index (χ4n) is 5.74. The number of aromatic nitrogens is 3. The number of amides is 1. The van der Waals surface area contributed by atoms with Crippen molar-refractivity contribution in [1.82, 2.24) is 30.5 Å². The molecule has 13 nitrogen and oxygen atoms in total. The molecule has 13 heteroatoms. The van der Waals surface area contributed by atoms with Crippen LogP contribution in [-0.2, 0) is 11.2 Å². The normalized spacial score (nSPS) is 16.4. The van der Waals surface area contributed by atoms with Crippen molar-refractivity contribution in [2.45, 2.75) is 77.7 Å². The Morgan fingerprint density at radius 1 is 1.02 bits per heavy atom. The number of nitrogens with zero attached hydrogens (tertiary/aromatic N) is 7. The third kappa shape index (κ3) is 16.3. The number of aromatic amines is 1. The number of rotatable bonds is 5. The van der Waals surface area contributed by atoms with Crippen LogP contribution in [0.5, 0.6) is 0 Å². The van der Waals surface area contributed by atoms with Crippen molar-refractivity contribution in [1.29, 1.82) is 0 Å². The summed E-state index contributed by atoms with van der Waals surface area (Å²) in [6.07, 6.45) is 15.1. The molecular formula is C39H62N10O3. The molecule has 1 aromatic heterocycles. The van der Waals surface area contributed by atoms with Crippen molar-refractivity contribution in [3.63, 3.8) is 0 Å². The van der Waals surface area contributed by atoms with Gasteiger partial charge in [0.25, 0.3) is 0 Å². The van der Waals surface area contributed by atoms with Gasteiger partial charge in [-0.15, -0.1) is 6.42 Å². The fraction of sp³-hybridized carbons (Fsp3) is 0.410. The molecule has 1 aliphatic carbocycles. The molecular weight excluding hydrogens is 656 g/mol. The minimum Gasteiger partial charge on any atom is -0.372 e. The number of carbonyl (C=O) groups excluding carboxylic acids is 1. The summed E-state index contributed by atoms with van der Waals surface area (Å²) in [5, 5.41) is 20.5. The van der Waals surface area contributed by atoms with E-state index in [4.69, 9.17) is 6.42 Å². The number of carbonyl (C=O) groups is 1. The average Bonchev–Trinajstić information content (AvgIpc) is 3.83. The highest BCUT2D eigenvalue weighted by Crippen LogP contribution is 2.43. The Bertz CT molecular complexity index is 2070. The van der Waals surface area contributed by atoms with Gasteiger partial charge in [-0.2, -0.15) is 5.10 Å². The number of nitrogens with one attached hydrogen (secondary N) is 2. The second-order valence-corrected chi connectivity index (χ2v) is 11.4. The van der Waals surface area contributed by atoms with Crippen LogP contribution in [0.4, 0.5) is 0 Å². The van der Waals surface area contributed by atoms with Gasteiger partial charge in [-0.1, -0.05) is 25.3 Å². The lowest BCUT2D eigenvalue weighted by atomic mass is 9.72. The predicted octanol–water partition coefficient (Wildman–Crippen LogP) is 5.44. The number of aryl methyl sites for hydroxylation is 1. The Morgan fingerprint density at radius 2 is 1.60 bits per heavy atom. The van der Waals surface area contributed by atoms with E-state index in [-0.39, 0.29) is 28.4 Å². The molecule has 3 heterocycles. The Kier molecular flexibility index (Phi) is 18.9. The van der Waals surface area contributed by atoms with E-state index in [2.05, 4.69) is 148 Å². The van der Waals surface area contributed by atoms with Crippen molar-refractivity contribution in [3.05, 3.63) is 34.0 Å². The molecule has 3 aliphatic rings. The Labute approximate surface area is 323 Å². The molecule has 2 aliphatic heterocycles. The number of nitrogens with two attached hydrogens (primary N) is 1. The number of hydrogen-bond acceptors (Lipinski definition) is 8. The molecule has 3 fully saturated rings. The lowest BCUT2D eigenvalue weighted by Gasteiger charge is -2.51. The predicted molar refractivity (Wildman–Crippen MR) is 222 cm³/mol. The zero-order chi connectivity index (χ0) is 37.9. The van der Waals surface area contributed by atoms with Crippen LogP contribution in [0.15, 0.2) is 22.7 Å². The molecule has 0 bridgehead atoms. The van der Waals surface area contributed by atoms with E-state index in [9.17, 15) is 14.9 Å². The lowest BCUT2D eigenvalue weighted by Crippen LogP contribution is -2.54. The van der Waals surface area contributed by atoms with Crippen molar-refractivity contribution in [3.8, 4) is 107 Å². The minimum absolute atomic E-state index is 0. The van der Waals surface area contributed by atoms with Gasteiger partial charge < -0.3 is 19.9 Å². The van der Waals surface area contributed by atoms with Crippen molar-refractivity contribution >= 4 is 5.91 Å². The van der Waals surface area contributed by atoms with Crippen molar-refractivity contribution < 1.29 is 26.9 Å². The third-order valence-corrected chi connectivity index (χ3v) is 7.84. The number of hydrazine groups is 1. The first-order valence-electron chi connectivity index (χ1n) is 16.2. The monoisotopic (exact) mass is 719 g/mol. The molecule has 0 radical (unpaired) electrons. The van der Waals surface area contributed by atoms with E-state index >= 15 is 0 Å². The minimum atomic E-state index is -0.879. The molecule has 1 spiro atoms. The van der Waals surface area contributed by atoms with Gasteiger partial charge in [0.05, 0.1) is 16.7 Å². The van der Waals surface area contributed by atoms with E-state index in [1.54, 1.807) is 6.92 Å². The number of likely N-dealkylation sites (tertiary alicyclic amines) is 2. The maximum atomic E-state index is 12.8. The first-order valence-corrected chi connectivity index (χ1v) is 16.2. The smallest absolute Gasteiger partial charge is 0.230 e. The van der Waals surface area contributed by atoms with Crippen LogP contribution in [0.3, 0.4) is 0 Å². The zero-order valence-electron chi connectivity index (χ0n) is 29.3. The Morgan fingerprint density at radius 3 is 2.08 bits per heavy atom. The van der Waals surface area contributed by atoms with Crippen LogP contribution >= 0.6 is 0 Å². The average molecular weight is 719 g/mol. The molecule has 1 amide bonds. The topological polar surface area (TPSA) is 171 Å². The molecule has 4 N–H and O–H groups in total. The summed E-state index contributed by atoms with van der Waals surface area (Å²) in [5.41, 5.74) is 2.91. The molecule has 1 unspecified atom stereocenters. The summed E-state index contributed by atoms with van der Waals surface area (Å²) in [5.74, 6) is 47.8. The zero-order valence-corrected chi connectivity index (χ0v) is 29.3. The maximum Gasteiger partial charge on any atom is 0.230 e. The van der Waals surface area contributed by atoms with Gasteiger partial charge in [0.2, 0.25) is 5.91 Å². The summed E-state index contributed by atoms with van der Waals surface area (Å²) in [7, 11) is 0. The fourth-order valence-corrected chi connectivity index (χ4v) is 5.74. The SMILES string of the molecule is C#CC#CC#CC#CC#CC#CC#CC#CC#CC.C=C1CCC2(CCCN(C(=O)Cc3n[nH]c(C)n3)C2)CN1C1CCCC1.NN=NN[N+](=O)[O-].[HH].[HH].[HH].[HH].[HH].[HH].[HH].[HH].[HH].[HH].[HH].[HH]. The molecule has 0 aromatic carbocycles. The number of nitro groups is 1. The number of hydrogen-bond donors (Lipinski definition) is 3. The first kappa shape index (κ1) is 41.0. The summed E-state index contributed by atoms with van der Waals surface area (Å²) < 4.78 is 0. The standard InChI is InChI=1S/C20H31N5O.C19H4.H3N5O2.12H2/c1-15-8-10-20(14-25(15)17-6-3-4-7-17)9-5-11-24(13-20)19(26)12-18-21-16(2)22-23-18;1-3-5-7-9-11-13-15-17-19-18-16-14-12-10-8-6-4-2;1-2-3-4-5(6)7;;;;;;;;;;;;/h17H,1,3-14H2,2H3,(H,21,22,23);1H,2H3;(H2,1,3)(H,2,4);12*1H. The summed E-state index contributed by atoms with van der Waals surface area (Å²) >= 11 is 0. The van der Waals surface area contributed by atoms with Crippen LogP contribution in [0.1, 0.15) is 87.1 Å². The molecule has 286 valence electrons. The summed E-state index contributed by atoms with van der Waals surface area (Å²) in [6.45, 7) is 10.8. The van der Waals surface area contributed by atoms with Crippen molar-refractivity contribution in [2.24, 2.45) is 21.7 Å². The second-order valence-electron chi connectivity index (χ2n) is 11.4.